The fourth-order valence-electron chi connectivity index (χ4n) is 0. The van der Waals surface area contributed by atoms with Gasteiger partial charge in [0.25, 0.3) is 0 Å². The zero-order valence-corrected chi connectivity index (χ0v) is 9.74. The van der Waals surface area contributed by atoms with E-state index in [0.717, 1.165) is 0 Å². The van der Waals surface area contributed by atoms with Gasteiger partial charge in [0, 0.05) is 0 Å². The summed E-state index contributed by atoms with van der Waals surface area (Å²) in [5.74, 6) is 0. The van der Waals surface area contributed by atoms with E-state index in [0.29, 0.717) is 0 Å². The first kappa shape index (κ1) is 40.6. The van der Waals surface area contributed by atoms with Crippen LogP contribution in [0.1, 0.15) is 0 Å². The van der Waals surface area contributed by atoms with Crippen molar-refractivity contribution in [2.75, 3.05) is 0 Å². The third-order valence-electron chi connectivity index (χ3n) is 0. The van der Waals surface area contributed by atoms with Gasteiger partial charge in [0.1, 0.15) is 20.4 Å². The maximum atomic E-state index is 8.00. The van der Waals surface area contributed by atoms with E-state index in [4.69, 9.17) is 14.4 Å². The van der Waals surface area contributed by atoms with Gasteiger partial charge in [-0.1, -0.05) is 0 Å². The van der Waals surface area contributed by atoms with Crippen LogP contribution in [0, 0.1) is 13.8 Å². The predicted molar refractivity (Wildman–Crippen MR) is 52.5 cm³/mol. The summed E-state index contributed by atoms with van der Waals surface area (Å²) in [4.78, 5) is 24.0. The average molecular weight is 268 g/mol. The van der Waals surface area contributed by atoms with Gasteiger partial charge in [-0.25, -0.2) is 39.2 Å². The molecule has 0 aliphatic carbocycles. The molecule has 0 atom stereocenters. The van der Waals surface area contributed by atoms with Crippen LogP contribution < -0.4 is 0 Å². The Bertz CT molecular complexity index is 57.1. The van der Waals surface area contributed by atoms with Gasteiger partial charge in [-0.2, -0.15) is 0 Å². The third-order valence-corrected chi connectivity index (χ3v) is 0. The summed E-state index contributed by atoms with van der Waals surface area (Å²) >= 11 is 0. The number of allylic oxidation sites excluding steroid dienone is 2. The van der Waals surface area contributed by atoms with Crippen LogP contribution in [-0.2, 0) is 35.4 Å². The fourth-order valence-corrected chi connectivity index (χ4v) is 0. The molecule has 0 rings (SSSR count). The van der Waals surface area contributed by atoms with Crippen molar-refractivity contribution >= 4 is 20.4 Å². The van der Waals surface area contributed by atoms with Crippen molar-refractivity contribution in [3.8, 4) is 0 Å². The Morgan fingerprint density at radius 3 is 0.692 bits per heavy atom. The van der Waals surface area contributed by atoms with Gasteiger partial charge in [0.2, 0.25) is 0 Å². The minimum atomic E-state index is 0. The molecule has 0 saturated heterocycles. The van der Waals surface area contributed by atoms with Crippen LogP contribution in [-0.4, -0.2) is 20.4 Å². The minimum Gasteiger partial charge on any atom is -0.307 e. The maximum absolute atomic E-state index is 8.00. The van der Waals surface area contributed by atoms with Gasteiger partial charge < -0.3 is 14.4 Å². The van der Waals surface area contributed by atoms with Crippen molar-refractivity contribution in [2.45, 2.75) is 0 Å². The van der Waals surface area contributed by atoms with E-state index in [-0.39, 0.29) is 21.1 Å². The van der Waals surface area contributed by atoms with E-state index in [1.807, 2.05) is 20.4 Å². The molecule has 0 heterocycles. The molecule has 0 fully saturated rings. The van der Waals surface area contributed by atoms with Crippen LogP contribution in [0.4, 0.5) is 0 Å². The minimum absolute atomic E-state index is 0. The first-order valence-corrected chi connectivity index (χ1v) is 2.50. The topological polar surface area (TPSA) is 51.2 Å². The van der Waals surface area contributed by atoms with Crippen molar-refractivity contribution in [1.82, 2.24) is 0 Å². The predicted octanol–water partition coefficient (Wildman–Crippen LogP) is 1.46. The van der Waals surface area contributed by atoms with Crippen molar-refractivity contribution in [2.24, 2.45) is 0 Å². The molecule has 0 N–H and O–H groups in total. The molecule has 0 aromatic rings. The van der Waals surface area contributed by atoms with Crippen LogP contribution in [0.2, 0.25) is 0 Å². The van der Waals surface area contributed by atoms with Crippen LogP contribution >= 0.6 is 0 Å². The summed E-state index contributed by atoms with van der Waals surface area (Å²) in [6, 6.07) is 0. The summed E-state index contributed by atoms with van der Waals surface area (Å²) in [5.41, 5.74) is 0. The third kappa shape index (κ3) is 742. The Hall–Kier alpha value is -1.08. The molecule has 0 aliphatic rings. The summed E-state index contributed by atoms with van der Waals surface area (Å²) in [5, 5.41) is 0. The van der Waals surface area contributed by atoms with Crippen molar-refractivity contribution in [1.29, 1.82) is 0 Å². The summed E-state index contributed by atoms with van der Waals surface area (Å²) < 4.78 is 0. The van der Waals surface area contributed by atoms with E-state index < -0.39 is 0 Å². The number of hydrogen-bond acceptors (Lipinski definition) is 3. The molecule has 76 valence electrons. The first-order chi connectivity index (χ1) is 5.83. The summed E-state index contributed by atoms with van der Waals surface area (Å²) in [7, 11) is 0. The summed E-state index contributed by atoms with van der Waals surface area (Å²) in [6.07, 6.45) is 3.00. The zero-order valence-electron chi connectivity index (χ0n) is 7.74. The molecular formula is C9H16MoO3. The number of carbonyl (C=O) groups is 3. The van der Waals surface area contributed by atoms with Gasteiger partial charge in [0.05, 0.1) is 0 Å². The quantitative estimate of drug-likeness (QED) is 0.493. The normalized spacial score (nSPS) is 2.77. The zero-order chi connectivity index (χ0) is 11.4. The Balaban J connectivity index is -0.0000000118. The maximum Gasteiger partial charge on any atom is 2.00 e. The van der Waals surface area contributed by atoms with E-state index in [1.165, 1.54) is 12.2 Å². The average Bonchev–Trinajstić information content (AvgIpc) is 2.16. The molecule has 0 aromatic carbocycles. The Morgan fingerprint density at radius 2 is 0.692 bits per heavy atom. The van der Waals surface area contributed by atoms with Crippen molar-refractivity contribution < 1.29 is 35.4 Å². The van der Waals surface area contributed by atoms with Gasteiger partial charge >= 0.3 is 21.1 Å². The fraction of sp³-hybridized carbons (Fsp3) is 0. The Labute approximate surface area is 95.2 Å². The van der Waals surface area contributed by atoms with Gasteiger partial charge in [0.15, 0.2) is 0 Å². The molecule has 3 nitrogen and oxygen atoms in total. The second-order valence-corrected chi connectivity index (χ2v) is 0.577. The number of rotatable bonds is 0. The standard InChI is InChI=1S/2C3H5.3CH2O.Mo/c2*1-3-2;3*1-2;/h2*3H,1-2H2;3*1H2;/q2*-1;;;;+2. The molecular weight excluding hydrogens is 252 g/mol. The molecule has 0 bridgehead atoms. The van der Waals surface area contributed by atoms with Gasteiger partial charge in [-0.3, -0.25) is 0 Å². The van der Waals surface area contributed by atoms with E-state index in [1.54, 1.807) is 0 Å². The smallest absolute Gasteiger partial charge is 0.307 e. The molecule has 0 spiro atoms. The molecule has 0 amide bonds. The second kappa shape index (κ2) is 1270. The SMILES string of the molecule is C=C[CH2-].C=C[CH2-].C=O.C=O.C=O.[Mo+2]. The molecule has 0 aliphatic heterocycles. The largest absolute Gasteiger partial charge is 2.00 e. The van der Waals surface area contributed by atoms with Gasteiger partial charge in [-0.15, -0.1) is 0 Å². The van der Waals surface area contributed by atoms with E-state index in [9.17, 15) is 0 Å². The van der Waals surface area contributed by atoms with Gasteiger partial charge in [-0.05, 0) is 0 Å². The van der Waals surface area contributed by atoms with E-state index in [2.05, 4.69) is 27.0 Å². The van der Waals surface area contributed by atoms with E-state index >= 15 is 0 Å². The first-order valence-electron chi connectivity index (χ1n) is 2.50. The van der Waals surface area contributed by atoms with Crippen LogP contribution in [0.25, 0.3) is 0 Å². The molecule has 4 heteroatoms. The molecule has 0 radical (unpaired) electrons. The van der Waals surface area contributed by atoms with Crippen molar-refractivity contribution in [3.63, 3.8) is 0 Å². The Kier molecular flexibility index (Phi) is 3970. The van der Waals surface area contributed by atoms with Crippen LogP contribution in [0.5, 0.6) is 0 Å². The number of hydrogen-bond donors (Lipinski definition) is 0. The number of carbonyl (C=O) groups excluding carboxylic acids is 3. The van der Waals surface area contributed by atoms with Crippen LogP contribution in [0.15, 0.2) is 25.3 Å². The molecule has 0 aromatic heterocycles. The molecule has 0 unspecified atom stereocenters. The van der Waals surface area contributed by atoms with Crippen molar-refractivity contribution in [3.05, 3.63) is 39.2 Å². The van der Waals surface area contributed by atoms with Crippen LogP contribution in [0.3, 0.4) is 0 Å². The monoisotopic (exact) mass is 270 g/mol. The molecule has 0 saturated carbocycles. The second-order valence-electron chi connectivity index (χ2n) is 0.577. The molecule has 13 heavy (non-hydrogen) atoms. The summed E-state index contributed by atoms with van der Waals surface area (Å²) in [6.45, 7) is 19.0. The Morgan fingerprint density at radius 1 is 0.692 bits per heavy atom.